The van der Waals surface area contributed by atoms with Crippen molar-refractivity contribution in [3.63, 3.8) is 0 Å². The van der Waals surface area contributed by atoms with Crippen LogP contribution in [0.15, 0.2) is 0 Å². The smallest absolute Gasteiger partial charge is 0.214 e. The van der Waals surface area contributed by atoms with Crippen molar-refractivity contribution in [2.75, 3.05) is 25.4 Å². The Morgan fingerprint density at radius 2 is 1.78 bits per heavy atom. The highest BCUT2D eigenvalue weighted by Gasteiger charge is 2.29. The fraction of sp³-hybridized carbons (Fsp3) is 1.00. The highest BCUT2D eigenvalue weighted by Crippen LogP contribution is 2.28. The lowest BCUT2D eigenvalue weighted by atomic mass is 10.1. The van der Waals surface area contributed by atoms with Gasteiger partial charge in [0.25, 0.3) is 0 Å². The molecule has 0 spiro atoms. The second-order valence-electron chi connectivity index (χ2n) is 6.20. The number of piperidine rings is 1. The second-order valence-corrected chi connectivity index (χ2v) is 8.21. The molecule has 1 heterocycles. The minimum atomic E-state index is -3.02. The zero-order chi connectivity index (χ0) is 13.2. The van der Waals surface area contributed by atoms with E-state index in [1.165, 1.54) is 12.8 Å². The third kappa shape index (κ3) is 4.21. The van der Waals surface area contributed by atoms with Gasteiger partial charge in [-0.3, -0.25) is 0 Å². The summed E-state index contributed by atoms with van der Waals surface area (Å²) in [5.41, 5.74) is 0. The Kier molecular flexibility index (Phi) is 4.67. The molecule has 0 radical (unpaired) electrons. The molecule has 106 valence electrons. The van der Waals surface area contributed by atoms with Crippen LogP contribution < -0.4 is 5.32 Å². The van der Waals surface area contributed by atoms with Crippen LogP contribution in [0.1, 0.15) is 39.5 Å². The van der Waals surface area contributed by atoms with Crippen molar-refractivity contribution in [3.8, 4) is 0 Å². The van der Waals surface area contributed by atoms with E-state index in [9.17, 15) is 8.42 Å². The van der Waals surface area contributed by atoms with Gasteiger partial charge in [0.15, 0.2) is 0 Å². The molecular formula is C13H26N2O2S. The summed E-state index contributed by atoms with van der Waals surface area (Å²) in [6, 6.07) is 0.524. The Labute approximate surface area is 111 Å². The molecule has 1 saturated heterocycles. The van der Waals surface area contributed by atoms with E-state index in [-0.39, 0.29) is 11.7 Å². The molecule has 1 aliphatic heterocycles. The van der Waals surface area contributed by atoms with Gasteiger partial charge in [-0.05, 0) is 44.1 Å². The molecule has 5 heteroatoms. The normalized spacial score (nSPS) is 23.7. The van der Waals surface area contributed by atoms with Gasteiger partial charge in [-0.25, -0.2) is 12.7 Å². The van der Waals surface area contributed by atoms with E-state index in [0.29, 0.717) is 19.1 Å². The molecule has 2 rings (SSSR count). The first-order valence-corrected chi connectivity index (χ1v) is 8.79. The average Bonchev–Trinajstić information content (AvgIpc) is 3.09. The van der Waals surface area contributed by atoms with Gasteiger partial charge in [0.05, 0.1) is 5.75 Å². The van der Waals surface area contributed by atoms with Crippen molar-refractivity contribution >= 4 is 10.0 Å². The summed E-state index contributed by atoms with van der Waals surface area (Å²) in [7, 11) is -3.02. The molecule has 0 aromatic heterocycles. The molecule has 1 saturated carbocycles. The van der Waals surface area contributed by atoms with Crippen molar-refractivity contribution in [2.24, 2.45) is 11.8 Å². The fourth-order valence-corrected chi connectivity index (χ4v) is 4.34. The first-order valence-electron chi connectivity index (χ1n) is 7.18. The van der Waals surface area contributed by atoms with Crippen LogP contribution in [0.3, 0.4) is 0 Å². The van der Waals surface area contributed by atoms with Crippen LogP contribution in [0.5, 0.6) is 0 Å². The molecule has 0 aromatic rings. The van der Waals surface area contributed by atoms with Gasteiger partial charge in [0.1, 0.15) is 0 Å². The van der Waals surface area contributed by atoms with E-state index in [0.717, 1.165) is 25.3 Å². The molecule has 0 amide bonds. The van der Waals surface area contributed by atoms with Crippen molar-refractivity contribution in [1.82, 2.24) is 9.62 Å². The maximum absolute atomic E-state index is 12.1. The van der Waals surface area contributed by atoms with Crippen LogP contribution in [-0.2, 0) is 10.0 Å². The van der Waals surface area contributed by atoms with E-state index >= 15 is 0 Å². The Morgan fingerprint density at radius 1 is 1.17 bits per heavy atom. The Hall–Kier alpha value is -0.130. The predicted octanol–water partition coefficient (Wildman–Crippen LogP) is 1.44. The number of nitrogens with one attached hydrogen (secondary N) is 1. The lowest BCUT2D eigenvalue weighted by Crippen LogP contribution is -2.46. The first-order chi connectivity index (χ1) is 8.47. The Morgan fingerprint density at radius 3 is 2.28 bits per heavy atom. The van der Waals surface area contributed by atoms with E-state index < -0.39 is 10.0 Å². The summed E-state index contributed by atoms with van der Waals surface area (Å²) < 4.78 is 25.9. The van der Waals surface area contributed by atoms with Crippen molar-refractivity contribution in [2.45, 2.75) is 45.6 Å². The van der Waals surface area contributed by atoms with Gasteiger partial charge < -0.3 is 5.32 Å². The van der Waals surface area contributed by atoms with Crippen molar-refractivity contribution < 1.29 is 8.42 Å². The number of rotatable bonds is 6. The summed E-state index contributed by atoms with van der Waals surface area (Å²) in [5.74, 6) is 1.39. The quantitative estimate of drug-likeness (QED) is 0.797. The highest BCUT2D eigenvalue weighted by molar-refractivity contribution is 7.89. The number of nitrogens with zero attached hydrogens (tertiary/aromatic N) is 1. The zero-order valence-electron chi connectivity index (χ0n) is 11.6. The standard InChI is InChI=1S/C13H26N2O2S/c1-11(2)10-18(16,17)15-7-5-13(6-8-15)14-9-12-3-4-12/h11-14H,3-10H2,1-2H3. The monoisotopic (exact) mass is 274 g/mol. The van der Waals surface area contributed by atoms with Crippen molar-refractivity contribution in [3.05, 3.63) is 0 Å². The molecule has 0 aromatic carbocycles. The van der Waals surface area contributed by atoms with Crippen LogP contribution >= 0.6 is 0 Å². The maximum Gasteiger partial charge on any atom is 0.214 e. The van der Waals surface area contributed by atoms with Crippen molar-refractivity contribution in [1.29, 1.82) is 0 Å². The summed E-state index contributed by atoms with van der Waals surface area (Å²) >= 11 is 0. The number of sulfonamides is 1. The maximum atomic E-state index is 12.1. The van der Waals surface area contributed by atoms with E-state index in [4.69, 9.17) is 0 Å². The third-order valence-electron chi connectivity index (χ3n) is 3.78. The zero-order valence-corrected chi connectivity index (χ0v) is 12.4. The predicted molar refractivity (Wildman–Crippen MR) is 73.9 cm³/mol. The summed E-state index contributed by atoms with van der Waals surface area (Å²) in [6.07, 6.45) is 4.66. The molecule has 0 unspecified atom stereocenters. The van der Waals surface area contributed by atoms with Crippen LogP contribution in [0.25, 0.3) is 0 Å². The third-order valence-corrected chi connectivity index (χ3v) is 6.02. The van der Waals surface area contributed by atoms with Gasteiger partial charge in [-0.1, -0.05) is 13.8 Å². The largest absolute Gasteiger partial charge is 0.314 e. The lowest BCUT2D eigenvalue weighted by Gasteiger charge is -2.32. The van der Waals surface area contributed by atoms with Crippen LogP contribution in [0.4, 0.5) is 0 Å². The van der Waals surface area contributed by atoms with E-state index in [1.54, 1.807) is 4.31 Å². The van der Waals surface area contributed by atoms with Gasteiger partial charge in [-0.15, -0.1) is 0 Å². The SMILES string of the molecule is CC(C)CS(=O)(=O)N1CCC(NCC2CC2)CC1. The molecule has 2 fully saturated rings. The molecule has 2 aliphatic rings. The molecule has 1 N–H and O–H groups in total. The minimum Gasteiger partial charge on any atom is -0.314 e. The second kappa shape index (κ2) is 5.88. The Balaban J connectivity index is 1.74. The minimum absolute atomic E-state index is 0.209. The van der Waals surface area contributed by atoms with E-state index in [2.05, 4.69) is 5.32 Å². The topological polar surface area (TPSA) is 49.4 Å². The first kappa shape index (κ1) is 14.3. The summed E-state index contributed by atoms with van der Waals surface area (Å²) in [6.45, 7) is 6.43. The molecule has 1 aliphatic carbocycles. The average molecular weight is 274 g/mol. The summed E-state index contributed by atoms with van der Waals surface area (Å²) in [4.78, 5) is 0. The van der Waals surface area contributed by atoms with Gasteiger partial charge in [-0.2, -0.15) is 0 Å². The number of hydrogen-bond donors (Lipinski definition) is 1. The van der Waals surface area contributed by atoms with Gasteiger partial charge in [0.2, 0.25) is 10.0 Å². The highest BCUT2D eigenvalue weighted by atomic mass is 32.2. The van der Waals surface area contributed by atoms with Crippen LogP contribution in [0, 0.1) is 11.8 Å². The van der Waals surface area contributed by atoms with E-state index in [1.807, 2.05) is 13.8 Å². The fourth-order valence-electron chi connectivity index (χ4n) is 2.52. The van der Waals surface area contributed by atoms with Gasteiger partial charge in [0, 0.05) is 19.1 Å². The lowest BCUT2D eigenvalue weighted by molar-refractivity contribution is 0.287. The summed E-state index contributed by atoms with van der Waals surface area (Å²) in [5, 5.41) is 3.57. The molecule has 4 nitrogen and oxygen atoms in total. The molecule has 0 bridgehead atoms. The van der Waals surface area contributed by atoms with Crippen LogP contribution in [-0.4, -0.2) is 44.2 Å². The molecular weight excluding hydrogens is 248 g/mol. The molecule has 18 heavy (non-hydrogen) atoms. The van der Waals surface area contributed by atoms with Crippen LogP contribution in [0.2, 0.25) is 0 Å². The van der Waals surface area contributed by atoms with Gasteiger partial charge >= 0.3 is 0 Å². The molecule has 0 atom stereocenters. The number of hydrogen-bond acceptors (Lipinski definition) is 3. The Bertz CT molecular complexity index is 355.